The van der Waals surface area contributed by atoms with Crippen LogP contribution in [0.25, 0.3) is 0 Å². The predicted molar refractivity (Wildman–Crippen MR) is 59.3 cm³/mol. The Morgan fingerprint density at radius 1 is 1.53 bits per heavy atom. The van der Waals surface area contributed by atoms with E-state index in [-0.39, 0.29) is 5.57 Å². The summed E-state index contributed by atoms with van der Waals surface area (Å²) < 4.78 is 0. The van der Waals surface area contributed by atoms with Crippen LogP contribution in [-0.4, -0.2) is 11.1 Å². The Labute approximate surface area is 91.4 Å². The summed E-state index contributed by atoms with van der Waals surface area (Å²) in [5.74, 6) is -0.577. The highest BCUT2D eigenvalue weighted by molar-refractivity contribution is 5.87. The molecule has 0 fully saturated rings. The van der Waals surface area contributed by atoms with E-state index in [1.54, 1.807) is 6.07 Å². The average Bonchev–Trinajstić information content (AvgIpc) is 2.22. The van der Waals surface area contributed by atoms with Crippen LogP contribution >= 0.6 is 0 Å². The molecule has 0 bridgehead atoms. The first kappa shape index (κ1) is 13.7. The summed E-state index contributed by atoms with van der Waals surface area (Å²) in [6, 6.07) is 1.79. The molecule has 1 N–H and O–H groups in total. The van der Waals surface area contributed by atoms with E-state index in [9.17, 15) is 4.79 Å². The lowest BCUT2D eigenvalue weighted by molar-refractivity contribution is -0.132. The molecule has 0 saturated carbocycles. The maximum Gasteiger partial charge on any atom is 0.332 e. The second-order valence-electron chi connectivity index (χ2n) is 3.72. The highest BCUT2D eigenvalue weighted by Crippen LogP contribution is 2.21. The van der Waals surface area contributed by atoms with Crippen molar-refractivity contribution in [2.45, 2.75) is 46.0 Å². The molecule has 3 nitrogen and oxygen atoms in total. The first-order valence-electron chi connectivity index (χ1n) is 5.47. The standard InChI is InChI=1S/C12H19NO2/c1-3-5-6-10(4-2)9-11(7-8-13)12(14)15/h7,10H,3-6,9H2,1-2H3,(H,14,15)/b11-7-. The third-order valence-electron chi connectivity index (χ3n) is 2.57. The third-order valence-corrected chi connectivity index (χ3v) is 2.57. The number of carbonyl (C=O) groups is 1. The number of rotatable bonds is 7. The molecule has 0 amide bonds. The van der Waals surface area contributed by atoms with Crippen molar-refractivity contribution in [1.82, 2.24) is 0 Å². The molecule has 84 valence electrons. The SMILES string of the molecule is CCCCC(CC)C/C(=C/C#N)C(=O)O. The van der Waals surface area contributed by atoms with Gasteiger partial charge in [-0.15, -0.1) is 0 Å². The van der Waals surface area contributed by atoms with Gasteiger partial charge in [0.25, 0.3) is 0 Å². The highest BCUT2D eigenvalue weighted by atomic mass is 16.4. The smallest absolute Gasteiger partial charge is 0.332 e. The molecule has 0 heterocycles. The number of carboxylic acids is 1. The van der Waals surface area contributed by atoms with Crippen LogP contribution < -0.4 is 0 Å². The lowest BCUT2D eigenvalue weighted by Gasteiger charge is -2.13. The maximum atomic E-state index is 10.8. The zero-order valence-electron chi connectivity index (χ0n) is 9.49. The van der Waals surface area contributed by atoms with Gasteiger partial charge in [-0.2, -0.15) is 5.26 Å². The van der Waals surface area contributed by atoms with Crippen molar-refractivity contribution in [3.8, 4) is 6.07 Å². The van der Waals surface area contributed by atoms with E-state index in [4.69, 9.17) is 10.4 Å². The molecule has 0 rings (SSSR count). The molecular weight excluding hydrogens is 190 g/mol. The molecule has 15 heavy (non-hydrogen) atoms. The first-order chi connectivity index (χ1) is 7.15. The quantitative estimate of drug-likeness (QED) is 0.517. The van der Waals surface area contributed by atoms with Crippen LogP contribution in [0.3, 0.4) is 0 Å². The number of nitrogens with zero attached hydrogens (tertiary/aromatic N) is 1. The van der Waals surface area contributed by atoms with Crippen LogP contribution in [0.5, 0.6) is 0 Å². The van der Waals surface area contributed by atoms with Crippen LogP contribution in [0.4, 0.5) is 0 Å². The number of nitriles is 1. The third kappa shape index (κ3) is 5.90. The fraction of sp³-hybridized carbons (Fsp3) is 0.667. The highest BCUT2D eigenvalue weighted by Gasteiger charge is 2.13. The second-order valence-corrected chi connectivity index (χ2v) is 3.72. The van der Waals surface area contributed by atoms with E-state index in [0.717, 1.165) is 31.8 Å². The second kappa shape index (κ2) is 8.05. The zero-order valence-corrected chi connectivity index (χ0v) is 9.49. The number of hydrogen-bond donors (Lipinski definition) is 1. The fourth-order valence-corrected chi connectivity index (χ4v) is 1.54. The molecule has 0 aromatic heterocycles. The van der Waals surface area contributed by atoms with Crippen LogP contribution in [0.2, 0.25) is 0 Å². The predicted octanol–water partition coefficient (Wildman–Crippen LogP) is 3.13. The summed E-state index contributed by atoms with van der Waals surface area (Å²) in [5.41, 5.74) is 0.237. The fourth-order valence-electron chi connectivity index (χ4n) is 1.54. The molecule has 1 atom stereocenters. The lowest BCUT2D eigenvalue weighted by Crippen LogP contribution is -2.07. The summed E-state index contributed by atoms with van der Waals surface area (Å²) in [6.45, 7) is 4.18. The van der Waals surface area contributed by atoms with E-state index in [1.807, 2.05) is 0 Å². The van der Waals surface area contributed by atoms with Crippen LogP contribution in [0, 0.1) is 17.2 Å². The minimum Gasteiger partial charge on any atom is -0.478 e. The number of aliphatic carboxylic acids is 1. The minimum atomic E-state index is -0.966. The summed E-state index contributed by atoms with van der Waals surface area (Å²) in [7, 11) is 0. The molecule has 0 aromatic carbocycles. The van der Waals surface area contributed by atoms with Gasteiger partial charge in [0.1, 0.15) is 0 Å². The Kier molecular flexibility index (Phi) is 7.35. The van der Waals surface area contributed by atoms with Gasteiger partial charge in [0, 0.05) is 11.6 Å². The van der Waals surface area contributed by atoms with Crippen LogP contribution in [-0.2, 0) is 4.79 Å². The van der Waals surface area contributed by atoms with E-state index in [1.165, 1.54) is 0 Å². The number of unbranched alkanes of at least 4 members (excludes halogenated alkanes) is 1. The molecule has 0 saturated heterocycles. The zero-order chi connectivity index (χ0) is 11.7. The number of hydrogen-bond acceptors (Lipinski definition) is 2. The van der Waals surface area contributed by atoms with E-state index in [0.29, 0.717) is 12.3 Å². The molecular formula is C12H19NO2. The van der Waals surface area contributed by atoms with Crippen molar-refractivity contribution < 1.29 is 9.90 Å². The maximum absolute atomic E-state index is 10.8. The number of allylic oxidation sites excluding steroid dienone is 1. The van der Waals surface area contributed by atoms with E-state index in [2.05, 4.69) is 13.8 Å². The first-order valence-corrected chi connectivity index (χ1v) is 5.47. The van der Waals surface area contributed by atoms with Crippen molar-refractivity contribution in [3.05, 3.63) is 11.6 Å². The lowest BCUT2D eigenvalue weighted by atomic mass is 9.92. The van der Waals surface area contributed by atoms with Crippen LogP contribution in [0.15, 0.2) is 11.6 Å². The number of carboxylic acid groups (broad SMARTS) is 1. The molecule has 3 heteroatoms. The Morgan fingerprint density at radius 3 is 2.60 bits per heavy atom. The Morgan fingerprint density at radius 2 is 2.20 bits per heavy atom. The van der Waals surface area contributed by atoms with Gasteiger partial charge in [0.2, 0.25) is 0 Å². The summed E-state index contributed by atoms with van der Waals surface area (Å²) in [5, 5.41) is 17.3. The Balaban J connectivity index is 4.31. The molecule has 0 aromatic rings. The van der Waals surface area contributed by atoms with E-state index < -0.39 is 5.97 Å². The molecule has 0 aliphatic heterocycles. The molecule has 1 unspecified atom stereocenters. The Bertz CT molecular complexity index is 263. The van der Waals surface area contributed by atoms with Gasteiger partial charge < -0.3 is 5.11 Å². The summed E-state index contributed by atoms with van der Waals surface area (Å²) in [4.78, 5) is 10.8. The van der Waals surface area contributed by atoms with Gasteiger partial charge in [0.15, 0.2) is 0 Å². The van der Waals surface area contributed by atoms with Gasteiger partial charge in [-0.05, 0) is 12.3 Å². The van der Waals surface area contributed by atoms with Crippen molar-refractivity contribution >= 4 is 5.97 Å². The molecule has 0 spiro atoms. The monoisotopic (exact) mass is 209 g/mol. The molecule has 0 aliphatic carbocycles. The Hall–Kier alpha value is -1.30. The van der Waals surface area contributed by atoms with Crippen molar-refractivity contribution in [3.63, 3.8) is 0 Å². The molecule has 0 aliphatic rings. The van der Waals surface area contributed by atoms with Gasteiger partial charge in [0.05, 0.1) is 6.07 Å². The normalized spacial score (nSPS) is 13.3. The van der Waals surface area contributed by atoms with Gasteiger partial charge in [-0.25, -0.2) is 4.79 Å². The van der Waals surface area contributed by atoms with Crippen LogP contribution in [0.1, 0.15) is 46.0 Å². The average molecular weight is 209 g/mol. The van der Waals surface area contributed by atoms with Gasteiger partial charge >= 0.3 is 5.97 Å². The minimum absolute atomic E-state index is 0.237. The summed E-state index contributed by atoms with van der Waals surface area (Å²) in [6.07, 6.45) is 5.92. The van der Waals surface area contributed by atoms with Gasteiger partial charge in [-0.1, -0.05) is 39.5 Å². The largest absolute Gasteiger partial charge is 0.478 e. The topological polar surface area (TPSA) is 61.1 Å². The van der Waals surface area contributed by atoms with Crippen molar-refractivity contribution in [2.75, 3.05) is 0 Å². The van der Waals surface area contributed by atoms with E-state index >= 15 is 0 Å². The van der Waals surface area contributed by atoms with Crippen molar-refractivity contribution in [1.29, 1.82) is 5.26 Å². The summed E-state index contributed by atoms with van der Waals surface area (Å²) >= 11 is 0. The van der Waals surface area contributed by atoms with Gasteiger partial charge in [-0.3, -0.25) is 0 Å². The van der Waals surface area contributed by atoms with Crippen molar-refractivity contribution in [2.24, 2.45) is 5.92 Å². The molecule has 0 radical (unpaired) electrons.